The van der Waals surface area contributed by atoms with Gasteiger partial charge in [-0.15, -0.1) is 0 Å². The van der Waals surface area contributed by atoms with E-state index in [0.29, 0.717) is 5.12 Å². The standard InChI is InChI=1S/C7H12FNO/c1-7(2,3)6-9(8)4-5-10-6/h4-6H,1-3H3. The Labute approximate surface area is 60.2 Å². The Kier molecular flexibility index (Phi) is 1.58. The zero-order valence-corrected chi connectivity index (χ0v) is 6.47. The van der Waals surface area contributed by atoms with Gasteiger partial charge in [-0.05, 0) is 0 Å². The van der Waals surface area contributed by atoms with E-state index in [2.05, 4.69) is 0 Å². The van der Waals surface area contributed by atoms with Crippen molar-refractivity contribution >= 4 is 0 Å². The average Bonchev–Trinajstić information content (AvgIpc) is 2.11. The largest absolute Gasteiger partial charge is 0.473 e. The van der Waals surface area contributed by atoms with Gasteiger partial charge >= 0.3 is 0 Å². The van der Waals surface area contributed by atoms with Gasteiger partial charge in [0.05, 0.1) is 6.20 Å². The van der Waals surface area contributed by atoms with E-state index < -0.39 is 6.23 Å². The van der Waals surface area contributed by atoms with E-state index in [-0.39, 0.29) is 5.41 Å². The SMILES string of the molecule is CC(C)(C)C1OC=CN1F. The van der Waals surface area contributed by atoms with Crippen LogP contribution in [0.4, 0.5) is 4.48 Å². The number of hydrogen-bond donors (Lipinski definition) is 0. The number of rotatable bonds is 0. The fourth-order valence-electron chi connectivity index (χ4n) is 0.878. The summed E-state index contributed by atoms with van der Waals surface area (Å²) in [7, 11) is 0. The lowest BCUT2D eigenvalue weighted by Gasteiger charge is -2.28. The van der Waals surface area contributed by atoms with Crippen molar-refractivity contribution in [2.45, 2.75) is 27.0 Å². The Balaban J connectivity index is 2.60. The van der Waals surface area contributed by atoms with Crippen LogP contribution in [0.5, 0.6) is 0 Å². The normalized spacial score (nSPS) is 25.2. The maximum atomic E-state index is 12.7. The Morgan fingerprint density at radius 1 is 1.50 bits per heavy atom. The summed E-state index contributed by atoms with van der Waals surface area (Å²) in [6, 6.07) is 0. The van der Waals surface area contributed by atoms with Gasteiger partial charge in [0.2, 0.25) is 6.23 Å². The van der Waals surface area contributed by atoms with E-state index in [1.165, 1.54) is 12.5 Å². The lowest BCUT2D eigenvalue weighted by Crippen LogP contribution is -2.34. The van der Waals surface area contributed by atoms with Crippen LogP contribution in [0, 0.1) is 5.41 Å². The molecule has 1 rings (SSSR count). The summed E-state index contributed by atoms with van der Waals surface area (Å²) in [5.41, 5.74) is -0.182. The molecular weight excluding hydrogens is 133 g/mol. The fourth-order valence-corrected chi connectivity index (χ4v) is 0.878. The zero-order chi connectivity index (χ0) is 7.78. The zero-order valence-electron chi connectivity index (χ0n) is 6.47. The van der Waals surface area contributed by atoms with Gasteiger partial charge in [-0.1, -0.05) is 25.3 Å². The Bertz CT molecular complexity index is 150. The minimum absolute atomic E-state index is 0.182. The molecule has 0 bridgehead atoms. The van der Waals surface area contributed by atoms with Crippen molar-refractivity contribution in [3.63, 3.8) is 0 Å². The third kappa shape index (κ3) is 1.23. The second kappa shape index (κ2) is 2.15. The third-order valence-electron chi connectivity index (χ3n) is 1.38. The van der Waals surface area contributed by atoms with Gasteiger partial charge in [0, 0.05) is 5.41 Å². The first-order valence-electron chi connectivity index (χ1n) is 3.28. The first-order chi connectivity index (χ1) is 4.52. The van der Waals surface area contributed by atoms with Gasteiger partial charge in [-0.3, -0.25) is 0 Å². The summed E-state index contributed by atoms with van der Waals surface area (Å²) in [6.45, 7) is 5.78. The lowest BCUT2D eigenvalue weighted by atomic mass is 9.94. The van der Waals surface area contributed by atoms with E-state index in [9.17, 15) is 4.48 Å². The number of ether oxygens (including phenoxy) is 1. The molecule has 0 aliphatic carbocycles. The maximum absolute atomic E-state index is 12.7. The highest BCUT2D eigenvalue weighted by molar-refractivity contribution is 4.86. The Morgan fingerprint density at radius 2 is 2.10 bits per heavy atom. The lowest BCUT2D eigenvalue weighted by molar-refractivity contribution is -0.115. The smallest absolute Gasteiger partial charge is 0.203 e. The van der Waals surface area contributed by atoms with Crippen LogP contribution in [0.15, 0.2) is 12.5 Å². The minimum atomic E-state index is -0.465. The monoisotopic (exact) mass is 145 g/mol. The van der Waals surface area contributed by atoms with Crippen LogP contribution in [0.1, 0.15) is 20.8 Å². The second-order valence-electron chi connectivity index (χ2n) is 3.48. The molecule has 0 aromatic rings. The van der Waals surface area contributed by atoms with E-state index in [0.717, 1.165) is 0 Å². The maximum Gasteiger partial charge on any atom is 0.203 e. The quantitative estimate of drug-likeness (QED) is 0.484. The Hall–Kier alpha value is -0.730. The molecule has 1 atom stereocenters. The topological polar surface area (TPSA) is 12.5 Å². The molecule has 0 amide bonds. The van der Waals surface area contributed by atoms with E-state index >= 15 is 0 Å². The average molecular weight is 145 g/mol. The minimum Gasteiger partial charge on any atom is -0.473 e. The number of hydrogen-bond acceptors (Lipinski definition) is 2. The van der Waals surface area contributed by atoms with E-state index in [4.69, 9.17) is 4.74 Å². The molecular formula is C7H12FNO. The van der Waals surface area contributed by atoms with Crippen molar-refractivity contribution in [1.29, 1.82) is 0 Å². The van der Waals surface area contributed by atoms with Crippen LogP contribution in [-0.2, 0) is 4.74 Å². The molecule has 0 fully saturated rings. The molecule has 1 aliphatic rings. The van der Waals surface area contributed by atoms with Gasteiger partial charge in [0.25, 0.3) is 0 Å². The summed E-state index contributed by atoms with van der Waals surface area (Å²) in [4.78, 5) is 0. The van der Waals surface area contributed by atoms with E-state index in [1.807, 2.05) is 20.8 Å². The highest BCUT2D eigenvalue weighted by atomic mass is 19.2. The van der Waals surface area contributed by atoms with Crippen LogP contribution in [0.25, 0.3) is 0 Å². The molecule has 1 aliphatic heterocycles. The van der Waals surface area contributed by atoms with Crippen molar-refractivity contribution in [3.8, 4) is 0 Å². The van der Waals surface area contributed by atoms with Crippen molar-refractivity contribution in [1.82, 2.24) is 5.12 Å². The van der Waals surface area contributed by atoms with Crippen molar-refractivity contribution < 1.29 is 9.22 Å². The van der Waals surface area contributed by atoms with Crippen molar-refractivity contribution in [3.05, 3.63) is 12.5 Å². The van der Waals surface area contributed by atoms with Crippen molar-refractivity contribution in [2.24, 2.45) is 5.41 Å². The van der Waals surface area contributed by atoms with Gasteiger partial charge in [-0.25, -0.2) is 0 Å². The summed E-state index contributed by atoms with van der Waals surface area (Å²) < 4.78 is 17.7. The first kappa shape index (κ1) is 7.38. The molecule has 58 valence electrons. The number of nitrogens with zero attached hydrogens (tertiary/aromatic N) is 1. The molecule has 2 nitrogen and oxygen atoms in total. The second-order valence-corrected chi connectivity index (χ2v) is 3.48. The Morgan fingerprint density at radius 3 is 2.30 bits per heavy atom. The molecule has 1 heterocycles. The molecule has 0 aromatic carbocycles. The molecule has 0 spiro atoms. The summed E-state index contributed by atoms with van der Waals surface area (Å²) in [5, 5.41) is 0.583. The van der Waals surface area contributed by atoms with Crippen LogP contribution in [-0.4, -0.2) is 11.3 Å². The summed E-state index contributed by atoms with van der Waals surface area (Å²) in [5.74, 6) is 0. The molecule has 0 saturated carbocycles. The van der Waals surface area contributed by atoms with Gasteiger partial charge in [0.1, 0.15) is 6.26 Å². The molecule has 0 radical (unpaired) electrons. The van der Waals surface area contributed by atoms with Crippen LogP contribution >= 0.6 is 0 Å². The fraction of sp³-hybridized carbons (Fsp3) is 0.714. The van der Waals surface area contributed by atoms with Crippen LogP contribution in [0.2, 0.25) is 0 Å². The van der Waals surface area contributed by atoms with Crippen LogP contribution in [0.3, 0.4) is 0 Å². The molecule has 10 heavy (non-hydrogen) atoms. The highest BCUT2D eigenvalue weighted by Gasteiger charge is 2.33. The molecule has 0 aromatic heterocycles. The van der Waals surface area contributed by atoms with Gasteiger partial charge in [-0.2, -0.15) is 5.12 Å². The number of halogens is 1. The highest BCUT2D eigenvalue weighted by Crippen LogP contribution is 2.29. The molecule has 0 saturated heterocycles. The van der Waals surface area contributed by atoms with E-state index in [1.54, 1.807) is 0 Å². The molecule has 1 unspecified atom stereocenters. The predicted octanol–water partition coefficient (Wildman–Crippen LogP) is 2.05. The van der Waals surface area contributed by atoms with Crippen molar-refractivity contribution in [2.75, 3.05) is 0 Å². The predicted molar refractivity (Wildman–Crippen MR) is 36.4 cm³/mol. The third-order valence-corrected chi connectivity index (χ3v) is 1.38. The molecule has 0 N–H and O–H groups in total. The summed E-state index contributed by atoms with van der Waals surface area (Å²) >= 11 is 0. The van der Waals surface area contributed by atoms with Gasteiger partial charge < -0.3 is 4.74 Å². The van der Waals surface area contributed by atoms with Crippen LogP contribution < -0.4 is 0 Å². The van der Waals surface area contributed by atoms with Gasteiger partial charge in [0.15, 0.2) is 0 Å². The molecule has 3 heteroatoms. The summed E-state index contributed by atoms with van der Waals surface area (Å²) in [6.07, 6.45) is 2.19. The first-order valence-corrected chi connectivity index (χ1v) is 3.28.